The van der Waals surface area contributed by atoms with E-state index in [1.54, 1.807) is 0 Å². The Bertz CT molecular complexity index is 2920. The fourth-order valence-corrected chi connectivity index (χ4v) is 30.0. The average Bonchev–Trinajstić information content (AvgIpc) is 4.09. The van der Waals surface area contributed by atoms with Crippen molar-refractivity contribution >= 4 is 53.5 Å². The SMILES string of the molecule is Cc1ccc(C2=Cc3c(cc(C)c(C)c3-c3ccc(-c4ccccc4)cc3)[CH]2[Zr]([CH]2C(c3ccc(C)o3)=Cc3c2cc(C)c(C)c3-c2ccc(-c3ccccc3)cc2)=[Si](C)C)o1.Cl.Cl. The number of halogens is 2. The van der Waals surface area contributed by atoms with Crippen LogP contribution < -0.4 is 0 Å². The van der Waals surface area contributed by atoms with Crippen LogP contribution in [0.2, 0.25) is 13.1 Å². The van der Waals surface area contributed by atoms with E-state index in [1.807, 2.05) is 0 Å². The molecule has 2 aliphatic carbocycles. The minimum atomic E-state index is -2.77. The molecule has 2 nitrogen and oxygen atoms in total. The number of rotatable bonds is 8. The van der Waals surface area contributed by atoms with Crippen LogP contribution in [0.1, 0.15) is 74.8 Å². The molecule has 0 spiro atoms. The summed E-state index contributed by atoms with van der Waals surface area (Å²) in [6.45, 7) is 18.6. The molecule has 0 N–H and O–H groups in total. The number of benzene rings is 6. The van der Waals surface area contributed by atoms with Crippen molar-refractivity contribution in [3.63, 3.8) is 0 Å². The molecular weight excluding hydrogens is 919 g/mol. The van der Waals surface area contributed by atoms with E-state index in [-0.39, 0.29) is 24.8 Å². The zero-order valence-corrected chi connectivity index (χ0v) is 42.9. The molecule has 2 atom stereocenters. The molecule has 6 heteroatoms. The predicted molar refractivity (Wildman–Crippen MR) is 274 cm³/mol. The van der Waals surface area contributed by atoms with Crippen LogP contribution in [0.4, 0.5) is 0 Å². The largest absolute Gasteiger partial charge is 0.147 e. The Balaban J connectivity index is 0.00000280. The minimum Gasteiger partial charge on any atom is -0.147 e. The number of allylic oxidation sites excluding steroid dienone is 2. The van der Waals surface area contributed by atoms with Gasteiger partial charge in [0.2, 0.25) is 0 Å². The smallest absolute Gasteiger partial charge is 0.147 e. The quantitative estimate of drug-likeness (QED) is 0.142. The second-order valence-corrected chi connectivity index (χ2v) is 35.5. The van der Waals surface area contributed by atoms with Crippen LogP contribution >= 0.6 is 24.8 Å². The summed E-state index contributed by atoms with van der Waals surface area (Å²) in [5, 5.41) is 0. The van der Waals surface area contributed by atoms with Gasteiger partial charge in [0.25, 0.3) is 0 Å². The fraction of sp³-hybridized carbons (Fsp3) is 0.172. The van der Waals surface area contributed by atoms with Crippen LogP contribution in [-0.2, 0) is 20.4 Å². The van der Waals surface area contributed by atoms with Gasteiger partial charge in [0, 0.05) is 0 Å². The van der Waals surface area contributed by atoms with Crippen molar-refractivity contribution in [2.75, 3.05) is 0 Å². The molecule has 6 aromatic carbocycles. The third kappa shape index (κ3) is 8.06. The van der Waals surface area contributed by atoms with E-state index in [9.17, 15) is 0 Å². The first-order valence-corrected chi connectivity index (χ1v) is 30.9. The molecule has 0 saturated carbocycles. The maximum atomic E-state index is 6.67. The molecule has 0 amide bonds. The minimum absolute atomic E-state index is 0. The van der Waals surface area contributed by atoms with Gasteiger partial charge in [0.15, 0.2) is 0 Å². The summed E-state index contributed by atoms with van der Waals surface area (Å²) >= 11 is -2.77. The Kier molecular flexibility index (Phi) is 13.2. The third-order valence-electron chi connectivity index (χ3n) is 13.5. The van der Waals surface area contributed by atoms with Crippen LogP contribution in [0.15, 0.2) is 154 Å². The van der Waals surface area contributed by atoms with Crippen LogP contribution in [0.25, 0.3) is 67.8 Å². The van der Waals surface area contributed by atoms with Gasteiger partial charge in [-0.25, -0.2) is 0 Å². The molecule has 2 heterocycles. The molecule has 10 rings (SSSR count). The second kappa shape index (κ2) is 18.5. The van der Waals surface area contributed by atoms with Crippen LogP contribution in [-0.4, -0.2) is 5.43 Å². The van der Waals surface area contributed by atoms with Gasteiger partial charge in [-0.15, -0.1) is 24.8 Å². The second-order valence-electron chi connectivity index (χ2n) is 17.6. The average molecular weight is 973 g/mol. The van der Waals surface area contributed by atoms with Crippen molar-refractivity contribution < 1.29 is 29.2 Å². The topological polar surface area (TPSA) is 26.3 Å². The molecule has 320 valence electrons. The number of hydrogen-bond donors (Lipinski definition) is 0. The van der Waals surface area contributed by atoms with Gasteiger partial charge in [-0.05, 0) is 0 Å². The Hall–Kier alpha value is -4.96. The summed E-state index contributed by atoms with van der Waals surface area (Å²) in [5.74, 6) is 3.94. The van der Waals surface area contributed by atoms with Gasteiger partial charge in [-0.3, -0.25) is 0 Å². The van der Waals surface area contributed by atoms with E-state index < -0.39 is 25.8 Å². The van der Waals surface area contributed by atoms with Gasteiger partial charge >= 0.3 is 377 Å². The van der Waals surface area contributed by atoms with Gasteiger partial charge < -0.3 is 0 Å². The van der Waals surface area contributed by atoms with Crippen molar-refractivity contribution in [3.05, 3.63) is 213 Å². The summed E-state index contributed by atoms with van der Waals surface area (Å²) < 4.78 is 13.9. The molecule has 0 aliphatic heterocycles. The number of furan rings is 2. The number of fused-ring (bicyclic) bond motifs is 2. The Morgan fingerprint density at radius 1 is 0.422 bits per heavy atom. The predicted octanol–water partition coefficient (Wildman–Crippen LogP) is 17.0. The first-order chi connectivity index (χ1) is 30.0. The molecule has 64 heavy (non-hydrogen) atoms. The molecule has 0 bridgehead atoms. The Morgan fingerprint density at radius 2 is 0.766 bits per heavy atom. The Labute approximate surface area is 399 Å². The van der Waals surface area contributed by atoms with Crippen LogP contribution in [0.5, 0.6) is 0 Å². The van der Waals surface area contributed by atoms with Crippen molar-refractivity contribution in [2.45, 2.75) is 61.9 Å². The van der Waals surface area contributed by atoms with E-state index >= 15 is 0 Å². The van der Waals surface area contributed by atoms with Crippen molar-refractivity contribution in [3.8, 4) is 44.5 Å². The van der Waals surface area contributed by atoms with E-state index in [0.717, 1.165) is 23.0 Å². The van der Waals surface area contributed by atoms with Gasteiger partial charge in [0.1, 0.15) is 0 Å². The summed E-state index contributed by atoms with van der Waals surface area (Å²) in [5.41, 5.74) is 23.2. The molecule has 0 fully saturated rings. The van der Waals surface area contributed by atoms with Gasteiger partial charge in [0.05, 0.1) is 0 Å². The first-order valence-electron chi connectivity index (χ1n) is 21.9. The van der Waals surface area contributed by atoms with Crippen molar-refractivity contribution in [1.29, 1.82) is 0 Å². The summed E-state index contributed by atoms with van der Waals surface area (Å²) in [6.07, 6.45) is 5.07. The maximum Gasteiger partial charge on any atom is -0.147 e. The van der Waals surface area contributed by atoms with Crippen molar-refractivity contribution in [1.82, 2.24) is 0 Å². The van der Waals surface area contributed by atoms with Gasteiger partial charge in [-0.2, -0.15) is 0 Å². The maximum absolute atomic E-state index is 6.67. The van der Waals surface area contributed by atoms with E-state index in [1.165, 1.54) is 100 Å². The molecule has 8 aromatic rings. The normalized spacial score (nSPS) is 14.8. The Morgan fingerprint density at radius 3 is 1.09 bits per heavy atom. The summed E-state index contributed by atoms with van der Waals surface area (Å²) in [6, 6.07) is 53.8. The van der Waals surface area contributed by atoms with E-state index in [4.69, 9.17) is 8.83 Å². The number of hydrogen-bond acceptors (Lipinski definition) is 2. The molecule has 0 radical (unpaired) electrons. The molecular formula is C58H54Cl2O2SiZr. The van der Waals surface area contributed by atoms with E-state index in [2.05, 4.69) is 212 Å². The number of aryl methyl sites for hydroxylation is 4. The fourth-order valence-electron chi connectivity index (χ4n) is 10.2. The monoisotopic (exact) mass is 970 g/mol. The molecule has 0 saturated heterocycles. The van der Waals surface area contributed by atoms with Crippen molar-refractivity contribution in [2.24, 2.45) is 0 Å². The molecule has 2 aromatic heterocycles. The first kappa shape index (κ1) is 45.6. The zero-order valence-electron chi connectivity index (χ0n) is 37.8. The zero-order chi connectivity index (χ0) is 42.8. The summed E-state index contributed by atoms with van der Waals surface area (Å²) in [4.78, 5) is 0. The van der Waals surface area contributed by atoms with Crippen LogP contribution in [0, 0.1) is 41.5 Å². The molecule has 2 unspecified atom stereocenters. The van der Waals surface area contributed by atoms with Gasteiger partial charge in [-0.1, -0.05) is 0 Å². The standard InChI is InChI=1S/2C28H23O.C2H6Si.2ClH.Zr/c2*1-18-15-24-16-25(27-14-9-19(2)29-27)17-26(24)28(20(18)3)23-12-10-22(11-13-23)21-7-5-4-6-8-21;1-3-2;;;/h2*4-17H,1-3H3;1-2H3;2*1H;. The van der Waals surface area contributed by atoms with Crippen LogP contribution in [0.3, 0.4) is 0 Å². The van der Waals surface area contributed by atoms with E-state index in [0.29, 0.717) is 7.25 Å². The molecule has 2 aliphatic rings. The third-order valence-corrected chi connectivity index (χ3v) is 32.7. The summed E-state index contributed by atoms with van der Waals surface area (Å²) in [7, 11) is 0.